The van der Waals surface area contributed by atoms with Gasteiger partial charge in [0.1, 0.15) is 17.3 Å². The van der Waals surface area contributed by atoms with Gasteiger partial charge in [-0.1, -0.05) is 12.1 Å². The Morgan fingerprint density at radius 2 is 1.81 bits per heavy atom. The van der Waals surface area contributed by atoms with Crippen molar-refractivity contribution in [3.8, 4) is 6.07 Å². The van der Waals surface area contributed by atoms with Crippen molar-refractivity contribution in [2.75, 3.05) is 10.6 Å². The van der Waals surface area contributed by atoms with Crippen LogP contribution in [0.3, 0.4) is 0 Å². The highest BCUT2D eigenvalue weighted by molar-refractivity contribution is 6.07. The maximum Gasteiger partial charge on any atom is 0.335 e. The van der Waals surface area contributed by atoms with Gasteiger partial charge in [-0.2, -0.15) is 5.26 Å². The number of hydrogen-bond acceptors (Lipinski definition) is 6. The van der Waals surface area contributed by atoms with E-state index in [0.717, 1.165) is 6.20 Å². The molecule has 0 saturated carbocycles. The van der Waals surface area contributed by atoms with Crippen LogP contribution in [0.5, 0.6) is 0 Å². The number of aromatic carboxylic acids is 1. The molecule has 0 bridgehead atoms. The molecule has 0 aliphatic carbocycles. The van der Waals surface area contributed by atoms with Gasteiger partial charge in [0.15, 0.2) is 0 Å². The van der Waals surface area contributed by atoms with E-state index in [9.17, 15) is 19.7 Å². The second-order valence-electron chi connectivity index (χ2n) is 4.93. The number of nitriles is 1. The molecule has 9 heteroatoms. The second kappa shape index (κ2) is 8.07. The molecule has 26 heavy (non-hydrogen) atoms. The number of anilines is 2. The first-order valence-electron chi connectivity index (χ1n) is 7.17. The SMILES string of the molecule is N#C/C(=C/Nc1ccc(C(=O)O)cc1)C(=O)Nc1ccccc1[N+](=O)[O-]. The third-order valence-electron chi connectivity index (χ3n) is 3.23. The van der Waals surface area contributed by atoms with Crippen molar-refractivity contribution in [2.45, 2.75) is 0 Å². The van der Waals surface area contributed by atoms with E-state index in [1.165, 1.54) is 48.5 Å². The van der Waals surface area contributed by atoms with Crippen molar-refractivity contribution in [1.82, 2.24) is 0 Å². The molecular weight excluding hydrogens is 340 g/mol. The largest absolute Gasteiger partial charge is 0.478 e. The van der Waals surface area contributed by atoms with Crippen molar-refractivity contribution in [1.29, 1.82) is 5.26 Å². The summed E-state index contributed by atoms with van der Waals surface area (Å²) in [6.45, 7) is 0. The molecule has 130 valence electrons. The Hall–Kier alpha value is -4.19. The van der Waals surface area contributed by atoms with Gasteiger partial charge < -0.3 is 15.7 Å². The van der Waals surface area contributed by atoms with Crippen LogP contribution in [-0.4, -0.2) is 21.9 Å². The van der Waals surface area contributed by atoms with Crippen molar-refractivity contribution in [3.63, 3.8) is 0 Å². The Balaban J connectivity index is 2.14. The Labute approximate surface area is 147 Å². The van der Waals surface area contributed by atoms with Crippen LogP contribution in [0.15, 0.2) is 60.3 Å². The summed E-state index contributed by atoms with van der Waals surface area (Å²) in [6, 6.07) is 12.9. The van der Waals surface area contributed by atoms with Gasteiger partial charge in [-0.3, -0.25) is 14.9 Å². The quantitative estimate of drug-likeness (QED) is 0.313. The molecule has 1 amide bonds. The average Bonchev–Trinajstić information content (AvgIpc) is 2.63. The van der Waals surface area contributed by atoms with E-state index < -0.39 is 16.8 Å². The van der Waals surface area contributed by atoms with Gasteiger partial charge in [0.05, 0.1) is 10.5 Å². The number of carboxylic acids is 1. The lowest BCUT2D eigenvalue weighted by molar-refractivity contribution is -0.383. The molecule has 0 unspecified atom stereocenters. The first-order chi connectivity index (χ1) is 12.4. The maximum atomic E-state index is 12.1. The lowest BCUT2D eigenvalue weighted by atomic mass is 10.2. The lowest BCUT2D eigenvalue weighted by Gasteiger charge is -2.06. The van der Waals surface area contributed by atoms with Gasteiger partial charge in [0.2, 0.25) is 0 Å². The summed E-state index contributed by atoms with van der Waals surface area (Å²) in [5.41, 5.74) is -0.0920. The molecule has 0 fully saturated rings. The monoisotopic (exact) mass is 352 g/mol. The third kappa shape index (κ3) is 4.42. The van der Waals surface area contributed by atoms with E-state index in [-0.39, 0.29) is 22.5 Å². The molecule has 0 aliphatic heterocycles. The summed E-state index contributed by atoms with van der Waals surface area (Å²) in [5.74, 6) is -1.90. The fraction of sp³-hybridized carbons (Fsp3) is 0. The zero-order valence-corrected chi connectivity index (χ0v) is 13.2. The molecule has 0 aromatic heterocycles. The molecule has 0 aliphatic rings. The molecule has 9 nitrogen and oxygen atoms in total. The molecule has 0 spiro atoms. The standard InChI is InChI=1S/C17H12N4O5/c18-9-12(10-19-13-7-5-11(6-8-13)17(23)24)16(22)20-14-3-1-2-4-15(14)21(25)26/h1-8,10,19H,(H,20,22)(H,23,24)/b12-10-. The Morgan fingerprint density at radius 1 is 1.15 bits per heavy atom. The number of nitrogens with zero attached hydrogens (tertiary/aromatic N) is 2. The number of amides is 1. The van der Waals surface area contributed by atoms with E-state index in [0.29, 0.717) is 5.69 Å². The van der Waals surface area contributed by atoms with E-state index in [2.05, 4.69) is 10.6 Å². The Bertz CT molecular complexity index is 929. The second-order valence-corrected chi connectivity index (χ2v) is 4.93. The maximum absolute atomic E-state index is 12.1. The van der Waals surface area contributed by atoms with Crippen LogP contribution in [0.25, 0.3) is 0 Å². The molecule has 0 radical (unpaired) electrons. The number of benzene rings is 2. The van der Waals surface area contributed by atoms with Crippen LogP contribution in [0.4, 0.5) is 17.1 Å². The number of nitro benzene ring substituents is 1. The fourth-order valence-electron chi connectivity index (χ4n) is 1.94. The van der Waals surface area contributed by atoms with Crippen LogP contribution < -0.4 is 10.6 Å². The normalized spacial score (nSPS) is 10.5. The number of rotatable bonds is 6. The van der Waals surface area contributed by atoms with Crippen LogP contribution in [0.1, 0.15) is 10.4 Å². The van der Waals surface area contributed by atoms with Gasteiger partial charge in [-0.05, 0) is 30.3 Å². The summed E-state index contributed by atoms with van der Waals surface area (Å²) in [7, 11) is 0. The molecule has 0 atom stereocenters. The highest BCUT2D eigenvalue weighted by atomic mass is 16.6. The number of nitrogens with one attached hydrogen (secondary N) is 2. The summed E-state index contributed by atoms with van der Waals surface area (Å²) < 4.78 is 0. The van der Waals surface area contributed by atoms with E-state index in [4.69, 9.17) is 10.4 Å². The molecule has 0 saturated heterocycles. The van der Waals surface area contributed by atoms with Crippen molar-refractivity contribution >= 4 is 28.9 Å². The van der Waals surface area contributed by atoms with E-state index >= 15 is 0 Å². The number of hydrogen-bond donors (Lipinski definition) is 3. The minimum absolute atomic E-state index is 0.0329. The molecule has 2 aromatic carbocycles. The van der Waals surface area contributed by atoms with E-state index in [1.54, 1.807) is 6.07 Å². The summed E-state index contributed by atoms with van der Waals surface area (Å²) in [5, 5.41) is 33.9. The number of nitro groups is 1. The number of para-hydroxylation sites is 2. The smallest absolute Gasteiger partial charge is 0.335 e. The van der Waals surface area contributed by atoms with Gasteiger partial charge in [-0.25, -0.2) is 4.79 Å². The Kier molecular flexibility index (Phi) is 5.63. The van der Waals surface area contributed by atoms with Crippen LogP contribution >= 0.6 is 0 Å². The van der Waals surface area contributed by atoms with Gasteiger partial charge in [0.25, 0.3) is 11.6 Å². The number of carboxylic acid groups (broad SMARTS) is 1. The number of carbonyl (C=O) groups is 2. The zero-order chi connectivity index (χ0) is 19.1. The average molecular weight is 352 g/mol. The van der Waals surface area contributed by atoms with Crippen molar-refractivity contribution in [2.24, 2.45) is 0 Å². The van der Waals surface area contributed by atoms with E-state index in [1.807, 2.05) is 0 Å². The summed E-state index contributed by atoms with van der Waals surface area (Å²) >= 11 is 0. The molecule has 3 N–H and O–H groups in total. The predicted molar refractivity (Wildman–Crippen MR) is 92.4 cm³/mol. The Morgan fingerprint density at radius 3 is 2.38 bits per heavy atom. The highest BCUT2D eigenvalue weighted by Gasteiger charge is 2.17. The first kappa shape index (κ1) is 18.2. The molecular formula is C17H12N4O5. The van der Waals surface area contributed by atoms with Crippen LogP contribution in [-0.2, 0) is 4.79 Å². The predicted octanol–water partition coefficient (Wildman–Crippen LogP) is 2.75. The van der Waals surface area contributed by atoms with Gasteiger partial charge >= 0.3 is 5.97 Å². The topological polar surface area (TPSA) is 145 Å². The van der Waals surface area contributed by atoms with Crippen molar-refractivity contribution < 1.29 is 19.6 Å². The lowest BCUT2D eigenvalue weighted by Crippen LogP contribution is -2.15. The first-order valence-corrected chi connectivity index (χ1v) is 7.17. The molecule has 0 heterocycles. The van der Waals surface area contributed by atoms with Gasteiger partial charge in [-0.15, -0.1) is 0 Å². The summed E-state index contributed by atoms with van der Waals surface area (Å²) in [4.78, 5) is 33.2. The molecule has 2 rings (SSSR count). The zero-order valence-electron chi connectivity index (χ0n) is 13.2. The fourth-order valence-corrected chi connectivity index (χ4v) is 1.94. The van der Waals surface area contributed by atoms with Crippen LogP contribution in [0, 0.1) is 21.4 Å². The third-order valence-corrected chi connectivity index (χ3v) is 3.23. The minimum Gasteiger partial charge on any atom is -0.478 e. The minimum atomic E-state index is -1.08. The summed E-state index contributed by atoms with van der Waals surface area (Å²) in [6.07, 6.45) is 1.12. The van der Waals surface area contributed by atoms with Crippen molar-refractivity contribution in [3.05, 3.63) is 76.0 Å². The van der Waals surface area contributed by atoms with Gasteiger partial charge in [0, 0.05) is 18.0 Å². The number of carbonyl (C=O) groups excluding carboxylic acids is 1. The molecule has 2 aromatic rings. The highest BCUT2D eigenvalue weighted by Crippen LogP contribution is 2.23. The van der Waals surface area contributed by atoms with Crippen LogP contribution in [0.2, 0.25) is 0 Å².